The molecule has 80 valence electrons. The highest BCUT2D eigenvalue weighted by Crippen LogP contribution is 2.28. The largest absolute Gasteiger partial charge is 0.506 e. The van der Waals surface area contributed by atoms with Crippen molar-refractivity contribution in [2.24, 2.45) is 0 Å². The van der Waals surface area contributed by atoms with Crippen molar-refractivity contribution in [3.63, 3.8) is 0 Å². The predicted molar refractivity (Wildman–Crippen MR) is 68.0 cm³/mol. The fourth-order valence-electron chi connectivity index (χ4n) is 1.01. The zero-order chi connectivity index (χ0) is 11.3. The second kappa shape index (κ2) is 5.98. The number of benzene rings is 1. The number of phenolic OH excluding ortho intramolecular Hbond substituents is 1. The van der Waals surface area contributed by atoms with E-state index in [0.29, 0.717) is 10.2 Å². The van der Waals surface area contributed by atoms with Crippen molar-refractivity contribution in [1.82, 2.24) is 0 Å². The van der Waals surface area contributed by atoms with Crippen molar-refractivity contribution in [2.45, 2.75) is 6.92 Å². The van der Waals surface area contributed by atoms with Crippen molar-refractivity contribution >= 4 is 38.9 Å². The molecule has 0 fully saturated rings. The fraction of sp³-hybridized carbons (Fsp3) is 0.182. The Labute approximate surface area is 102 Å². The molecule has 1 N–H and O–H groups in total. The van der Waals surface area contributed by atoms with Gasteiger partial charge in [-0.1, -0.05) is 36.0 Å². The minimum atomic E-state index is 0.0955. The van der Waals surface area contributed by atoms with Gasteiger partial charge in [-0.2, -0.15) is 0 Å². The molecule has 0 aromatic heterocycles. The van der Waals surface area contributed by atoms with Gasteiger partial charge in [-0.05, 0) is 22.0 Å². The number of thioether (sulfide) groups is 1. The molecule has 0 heterocycles. The predicted octanol–water partition coefficient (Wildman–Crippen LogP) is 3.45. The zero-order valence-electron chi connectivity index (χ0n) is 8.24. The molecular formula is C11H11BrO2S. The number of phenols is 1. The summed E-state index contributed by atoms with van der Waals surface area (Å²) in [7, 11) is 0. The Kier molecular flexibility index (Phi) is 4.91. The lowest BCUT2D eigenvalue weighted by Crippen LogP contribution is -1.82. The van der Waals surface area contributed by atoms with E-state index in [2.05, 4.69) is 15.9 Å². The molecule has 0 saturated carbocycles. The van der Waals surface area contributed by atoms with Gasteiger partial charge in [-0.3, -0.25) is 4.79 Å². The van der Waals surface area contributed by atoms with E-state index < -0.39 is 0 Å². The summed E-state index contributed by atoms with van der Waals surface area (Å²) < 4.78 is 0.670. The van der Waals surface area contributed by atoms with Gasteiger partial charge in [0, 0.05) is 18.2 Å². The lowest BCUT2D eigenvalue weighted by Gasteiger charge is -2.00. The standard InChI is InChI=1S/C11H11BrO2S/c1-8(13)15-7-3-5-9-4-2-6-10(12)11(9)14/h2-6,14H,7H2,1H3. The van der Waals surface area contributed by atoms with Crippen LogP contribution in [0.15, 0.2) is 28.7 Å². The Morgan fingerprint density at radius 2 is 2.33 bits per heavy atom. The SMILES string of the molecule is CC(=O)SCC=Cc1cccc(Br)c1O. The molecule has 0 aliphatic carbocycles. The highest BCUT2D eigenvalue weighted by molar-refractivity contribution is 9.10. The Morgan fingerprint density at radius 3 is 3.00 bits per heavy atom. The van der Waals surface area contributed by atoms with Gasteiger partial charge >= 0.3 is 0 Å². The minimum Gasteiger partial charge on any atom is -0.506 e. The minimum absolute atomic E-state index is 0.0955. The van der Waals surface area contributed by atoms with Crippen molar-refractivity contribution in [2.75, 3.05) is 5.75 Å². The Hall–Kier alpha value is -0.740. The molecular weight excluding hydrogens is 276 g/mol. The molecule has 4 heteroatoms. The maximum absolute atomic E-state index is 10.6. The van der Waals surface area contributed by atoms with Gasteiger partial charge in [0.15, 0.2) is 5.12 Å². The van der Waals surface area contributed by atoms with Crippen molar-refractivity contribution in [1.29, 1.82) is 0 Å². The summed E-state index contributed by atoms with van der Waals surface area (Å²) in [6.07, 6.45) is 3.66. The summed E-state index contributed by atoms with van der Waals surface area (Å²) in [6, 6.07) is 5.44. The molecule has 0 aliphatic heterocycles. The summed E-state index contributed by atoms with van der Waals surface area (Å²) in [4.78, 5) is 10.6. The van der Waals surface area contributed by atoms with Crippen LogP contribution in [0.4, 0.5) is 0 Å². The first-order valence-electron chi connectivity index (χ1n) is 4.38. The second-order valence-electron chi connectivity index (χ2n) is 2.88. The van der Waals surface area contributed by atoms with Crippen LogP contribution in [0, 0.1) is 0 Å². The quantitative estimate of drug-likeness (QED) is 0.925. The van der Waals surface area contributed by atoms with E-state index in [1.165, 1.54) is 18.7 Å². The molecule has 0 aliphatic rings. The molecule has 1 aromatic rings. The van der Waals surface area contributed by atoms with E-state index >= 15 is 0 Å². The zero-order valence-corrected chi connectivity index (χ0v) is 10.6. The third kappa shape index (κ3) is 4.10. The van der Waals surface area contributed by atoms with Crippen LogP contribution in [-0.4, -0.2) is 16.0 Å². The number of para-hydroxylation sites is 1. The average molecular weight is 287 g/mol. The van der Waals surface area contributed by atoms with Crippen LogP contribution in [0.3, 0.4) is 0 Å². The number of hydrogen-bond donors (Lipinski definition) is 1. The molecule has 0 saturated heterocycles. The molecule has 0 radical (unpaired) electrons. The molecule has 0 spiro atoms. The van der Waals surface area contributed by atoms with E-state index in [4.69, 9.17) is 0 Å². The molecule has 0 bridgehead atoms. The van der Waals surface area contributed by atoms with Gasteiger partial charge in [-0.15, -0.1) is 0 Å². The van der Waals surface area contributed by atoms with Gasteiger partial charge in [0.25, 0.3) is 0 Å². The molecule has 1 aromatic carbocycles. The van der Waals surface area contributed by atoms with Gasteiger partial charge < -0.3 is 5.11 Å². The molecule has 2 nitrogen and oxygen atoms in total. The van der Waals surface area contributed by atoms with Crippen LogP contribution in [0.5, 0.6) is 5.75 Å². The summed E-state index contributed by atoms with van der Waals surface area (Å²) in [6.45, 7) is 1.54. The maximum Gasteiger partial charge on any atom is 0.186 e. The third-order valence-electron chi connectivity index (χ3n) is 1.70. The summed E-state index contributed by atoms with van der Waals surface area (Å²) in [5.74, 6) is 0.850. The van der Waals surface area contributed by atoms with Crippen molar-refractivity contribution < 1.29 is 9.90 Å². The first-order chi connectivity index (χ1) is 7.11. The van der Waals surface area contributed by atoms with Crippen LogP contribution < -0.4 is 0 Å². The monoisotopic (exact) mass is 286 g/mol. The summed E-state index contributed by atoms with van der Waals surface area (Å²) in [5, 5.41) is 9.73. The van der Waals surface area contributed by atoms with Gasteiger partial charge in [0.2, 0.25) is 0 Å². The van der Waals surface area contributed by atoms with Crippen molar-refractivity contribution in [3.05, 3.63) is 34.3 Å². The highest BCUT2D eigenvalue weighted by Gasteiger charge is 2.00. The Balaban J connectivity index is 2.64. The maximum atomic E-state index is 10.6. The number of aromatic hydroxyl groups is 1. The fourth-order valence-corrected chi connectivity index (χ4v) is 1.82. The molecule has 1 rings (SSSR count). The molecule has 15 heavy (non-hydrogen) atoms. The van der Waals surface area contributed by atoms with E-state index in [9.17, 15) is 9.90 Å². The first kappa shape index (κ1) is 12.3. The van der Waals surface area contributed by atoms with E-state index in [1.807, 2.05) is 18.2 Å². The Bertz CT molecular complexity index is 388. The lowest BCUT2D eigenvalue weighted by molar-refractivity contribution is -0.109. The third-order valence-corrected chi connectivity index (χ3v) is 3.10. The normalized spacial score (nSPS) is 10.8. The van der Waals surface area contributed by atoms with Gasteiger partial charge in [0.05, 0.1) is 4.47 Å². The van der Waals surface area contributed by atoms with Crippen LogP contribution in [-0.2, 0) is 4.79 Å². The second-order valence-corrected chi connectivity index (χ2v) is 4.93. The van der Waals surface area contributed by atoms with Crippen LogP contribution in [0.25, 0.3) is 6.08 Å². The number of carbonyl (C=O) groups excluding carboxylic acids is 1. The van der Waals surface area contributed by atoms with Crippen LogP contribution in [0.2, 0.25) is 0 Å². The topological polar surface area (TPSA) is 37.3 Å². The van der Waals surface area contributed by atoms with Gasteiger partial charge in [-0.25, -0.2) is 0 Å². The Morgan fingerprint density at radius 1 is 1.60 bits per heavy atom. The lowest BCUT2D eigenvalue weighted by atomic mass is 10.2. The first-order valence-corrected chi connectivity index (χ1v) is 6.16. The number of halogens is 1. The smallest absolute Gasteiger partial charge is 0.186 e. The van der Waals surface area contributed by atoms with Gasteiger partial charge in [0.1, 0.15) is 5.75 Å². The summed E-state index contributed by atoms with van der Waals surface area (Å²) in [5.41, 5.74) is 0.744. The van der Waals surface area contributed by atoms with Crippen LogP contribution >= 0.6 is 27.7 Å². The van der Waals surface area contributed by atoms with Crippen molar-refractivity contribution in [3.8, 4) is 5.75 Å². The van der Waals surface area contributed by atoms with Crippen LogP contribution in [0.1, 0.15) is 12.5 Å². The van der Waals surface area contributed by atoms with E-state index in [1.54, 1.807) is 12.1 Å². The average Bonchev–Trinajstić information content (AvgIpc) is 2.18. The summed E-state index contributed by atoms with van der Waals surface area (Å²) >= 11 is 4.48. The van der Waals surface area contributed by atoms with E-state index in [-0.39, 0.29) is 10.9 Å². The molecule has 0 atom stereocenters. The van der Waals surface area contributed by atoms with E-state index in [0.717, 1.165) is 5.56 Å². The molecule has 0 unspecified atom stereocenters. The number of hydrogen-bond acceptors (Lipinski definition) is 3. The highest BCUT2D eigenvalue weighted by atomic mass is 79.9. The number of rotatable bonds is 3. The number of carbonyl (C=O) groups is 1. The molecule has 0 amide bonds.